The second-order valence-corrected chi connectivity index (χ2v) is 8.89. The van der Waals surface area contributed by atoms with Crippen molar-refractivity contribution >= 4 is 34.2 Å². The summed E-state index contributed by atoms with van der Waals surface area (Å²) in [5, 5.41) is 4.30. The molecule has 2 aromatic carbocycles. The van der Waals surface area contributed by atoms with Gasteiger partial charge in [0.25, 0.3) is 5.91 Å². The van der Waals surface area contributed by atoms with Crippen molar-refractivity contribution in [3.8, 4) is 0 Å². The minimum absolute atomic E-state index is 0.0858. The minimum Gasteiger partial charge on any atom is -0.336 e. The third kappa shape index (κ3) is 3.84. The Bertz CT molecular complexity index is 1190. The highest BCUT2D eigenvalue weighted by Gasteiger charge is 2.23. The number of amides is 1. The van der Waals surface area contributed by atoms with E-state index in [4.69, 9.17) is 9.98 Å². The number of carbonyl (C=O) groups is 1. The maximum absolute atomic E-state index is 12.8. The molecule has 32 heavy (non-hydrogen) atoms. The molecule has 164 valence electrons. The lowest BCUT2D eigenvalue weighted by molar-refractivity contribution is 0.0664. The summed E-state index contributed by atoms with van der Waals surface area (Å²) >= 11 is 0. The van der Waals surface area contributed by atoms with E-state index in [0.717, 1.165) is 54.0 Å². The van der Waals surface area contributed by atoms with Crippen LogP contribution in [0, 0.1) is 5.92 Å². The van der Waals surface area contributed by atoms with Crippen LogP contribution in [0.4, 0.5) is 11.6 Å². The zero-order valence-electron chi connectivity index (χ0n) is 18.8. The average molecular weight is 429 g/mol. The van der Waals surface area contributed by atoms with Crippen LogP contribution in [0.5, 0.6) is 0 Å². The Morgan fingerprint density at radius 3 is 2.50 bits per heavy atom. The number of aromatic nitrogens is 2. The van der Waals surface area contributed by atoms with Crippen LogP contribution in [-0.2, 0) is 6.54 Å². The maximum atomic E-state index is 12.8. The molecule has 1 N–H and O–H groups in total. The van der Waals surface area contributed by atoms with E-state index < -0.39 is 0 Å². The van der Waals surface area contributed by atoms with Crippen LogP contribution in [0.2, 0.25) is 0 Å². The van der Waals surface area contributed by atoms with Gasteiger partial charge in [0.15, 0.2) is 0 Å². The van der Waals surface area contributed by atoms with Crippen LogP contribution >= 0.6 is 0 Å². The van der Waals surface area contributed by atoms with Gasteiger partial charge in [-0.15, -0.1) is 0 Å². The molecule has 0 aliphatic carbocycles. The Balaban J connectivity index is 1.36. The van der Waals surface area contributed by atoms with Crippen LogP contribution in [0.15, 0.2) is 47.6 Å². The molecule has 2 aliphatic heterocycles. The molecule has 0 unspecified atom stereocenters. The van der Waals surface area contributed by atoms with E-state index in [2.05, 4.69) is 48.2 Å². The summed E-state index contributed by atoms with van der Waals surface area (Å²) in [5.41, 5.74) is 5.97. The standard InChI is InChI=1S/C25H28N6O/c1-16(2)22-21-18(14-26-22)4-5-19-15-27-25(29-23(19)21)28-20-8-6-17(7-9-20)24(32)31-12-10-30(3)11-13-31/h4-9,15-16H,10-14H2,1-3H3,(H,27,28,29). The maximum Gasteiger partial charge on any atom is 0.253 e. The van der Waals surface area contributed by atoms with Gasteiger partial charge in [0, 0.05) is 60.3 Å². The van der Waals surface area contributed by atoms with Gasteiger partial charge in [-0.2, -0.15) is 0 Å². The molecule has 3 aromatic rings. The van der Waals surface area contributed by atoms with Crippen molar-refractivity contribution in [2.45, 2.75) is 20.4 Å². The first-order valence-corrected chi connectivity index (χ1v) is 11.2. The molecule has 0 spiro atoms. The molecular weight excluding hydrogens is 400 g/mol. The molecule has 1 aromatic heterocycles. The summed E-state index contributed by atoms with van der Waals surface area (Å²) in [6.45, 7) is 8.41. The molecule has 0 saturated carbocycles. The smallest absolute Gasteiger partial charge is 0.253 e. The predicted molar refractivity (Wildman–Crippen MR) is 128 cm³/mol. The molecule has 1 fully saturated rings. The van der Waals surface area contributed by atoms with Crippen LogP contribution in [0.1, 0.15) is 35.3 Å². The highest BCUT2D eigenvalue weighted by atomic mass is 16.2. The van der Waals surface area contributed by atoms with E-state index in [0.29, 0.717) is 24.0 Å². The first kappa shape index (κ1) is 20.6. The first-order valence-electron chi connectivity index (χ1n) is 11.2. The van der Waals surface area contributed by atoms with E-state index in [-0.39, 0.29) is 5.91 Å². The molecular formula is C25H28N6O. The Hall–Kier alpha value is -3.32. The number of rotatable bonds is 4. The number of hydrogen-bond donors (Lipinski definition) is 1. The molecule has 2 aliphatic rings. The van der Waals surface area contributed by atoms with Crippen molar-refractivity contribution in [3.05, 3.63) is 59.3 Å². The second-order valence-electron chi connectivity index (χ2n) is 8.89. The fourth-order valence-corrected chi connectivity index (χ4v) is 4.35. The van der Waals surface area contributed by atoms with E-state index in [9.17, 15) is 4.79 Å². The molecule has 5 rings (SSSR count). The predicted octanol–water partition coefficient (Wildman–Crippen LogP) is 3.72. The zero-order chi connectivity index (χ0) is 22.2. The van der Waals surface area contributed by atoms with Crippen molar-refractivity contribution in [3.63, 3.8) is 0 Å². The molecule has 1 amide bonds. The van der Waals surface area contributed by atoms with Crippen LogP contribution in [0.3, 0.4) is 0 Å². The number of aliphatic imine (C=N–C) groups is 1. The number of fused-ring (bicyclic) bond motifs is 3. The third-order valence-electron chi connectivity index (χ3n) is 6.24. The first-order chi connectivity index (χ1) is 15.5. The van der Waals surface area contributed by atoms with Crippen molar-refractivity contribution in [1.29, 1.82) is 0 Å². The number of anilines is 2. The van der Waals surface area contributed by atoms with Crippen molar-refractivity contribution in [2.24, 2.45) is 10.9 Å². The molecule has 1 saturated heterocycles. The molecule has 3 heterocycles. The Morgan fingerprint density at radius 2 is 1.78 bits per heavy atom. The summed E-state index contributed by atoms with van der Waals surface area (Å²) in [7, 11) is 2.09. The van der Waals surface area contributed by atoms with Gasteiger partial charge in [-0.3, -0.25) is 9.79 Å². The van der Waals surface area contributed by atoms with Crippen molar-refractivity contribution in [1.82, 2.24) is 19.8 Å². The number of piperazine rings is 1. The van der Waals surface area contributed by atoms with Gasteiger partial charge in [-0.1, -0.05) is 26.0 Å². The van der Waals surface area contributed by atoms with Crippen LogP contribution < -0.4 is 5.32 Å². The Morgan fingerprint density at radius 1 is 1.03 bits per heavy atom. The van der Waals surface area contributed by atoms with Gasteiger partial charge in [0.1, 0.15) is 0 Å². The summed E-state index contributed by atoms with van der Waals surface area (Å²) < 4.78 is 0. The van der Waals surface area contributed by atoms with Crippen LogP contribution in [-0.4, -0.2) is 64.6 Å². The number of carbonyl (C=O) groups excluding carboxylic acids is 1. The van der Waals surface area contributed by atoms with Gasteiger partial charge in [0.05, 0.1) is 12.1 Å². The number of likely N-dealkylation sites (N-methyl/N-ethyl adjacent to an activating group) is 1. The number of benzene rings is 2. The monoisotopic (exact) mass is 428 g/mol. The van der Waals surface area contributed by atoms with Gasteiger partial charge in [-0.05, 0) is 42.8 Å². The normalized spacial score (nSPS) is 16.4. The Labute approximate surface area is 188 Å². The summed E-state index contributed by atoms with van der Waals surface area (Å²) in [4.78, 5) is 31.0. The molecule has 0 radical (unpaired) electrons. The lowest BCUT2D eigenvalue weighted by Crippen LogP contribution is -2.47. The Kier molecular flexibility index (Phi) is 5.35. The number of nitrogens with zero attached hydrogens (tertiary/aromatic N) is 5. The fourth-order valence-electron chi connectivity index (χ4n) is 4.35. The summed E-state index contributed by atoms with van der Waals surface area (Å²) in [6, 6.07) is 11.7. The van der Waals surface area contributed by atoms with Gasteiger partial charge in [-0.25, -0.2) is 9.97 Å². The van der Waals surface area contributed by atoms with E-state index >= 15 is 0 Å². The van der Waals surface area contributed by atoms with Crippen molar-refractivity contribution < 1.29 is 4.79 Å². The second kappa shape index (κ2) is 8.31. The van der Waals surface area contributed by atoms with E-state index in [1.807, 2.05) is 35.4 Å². The SMILES string of the molecule is CC(C)C1=NCc2ccc3cnc(Nc4ccc(C(=O)N5CCN(C)CC5)cc4)nc3c21. The topological polar surface area (TPSA) is 73.7 Å². The highest BCUT2D eigenvalue weighted by Crippen LogP contribution is 2.30. The molecule has 0 atom stereocenters. The molecule has 7 nitrogen and oxygen atoms in total. The fraction of sp³-hybridized carbons (Fsp3) is 0.360. The number of nitrogens with one attached hydrogen (secondary N) is 1. The van der Waals surface area contributed by atoms with Gasteiger partial charge >= 0.3 is 0 Å². The van der Waals surface area contributed by atoms with Gasteiger partial charge < -0.3 is 15.1 Å². The van der Waals surface area contributed by atoms with Crippen LogP contribution in [0.25, 0.3) is 10.9 Å². The molecule has 0 bridgehead atoms. The lowest BCUT2D eigenvalue weighted by atomic mass is 9.96. The summed E-state index contributed by atoms with van der Waals surface area (Å²) in [6.07, 6.45) is 1.85. The highest BCUT2D eigenvalue weighted by molar-refractivity contribution is 6.13. The molecule has 7 heteroatoms. The van der Waals surface area contributed by atoms with Crippen molar-refractivity contribution in [2.75, 3.05) is 38.5 Å². The summed E-state index contributed by atoms with van der Waals surface area (Å²) in [5.74, 6) is 0.973. The lowest BCUT2D eigenvalue weighted by Gasteiger charge is -2.32. The third-order valence-corrected chi connectivity index (χ3v) is 6.24. The van der Waals surface area contributed by atoms with E-state index in [1.54, 1.807) is 0 Å². The number of hydrogen-bond acceptors (Lipinski definition) is 6. The van der Waals surface area contributed by atoms with E-state index in [1.165, 1.54) is 5.56 Å². The van der Waals surface area contributed by atoms with Gasteiger partial charge in [0.2, 0.25) is 5.95 Å². The average Bonchev–Trinajstić information content (AvgIpc) is 3.25. The minimum atomic E-state index is 0.0858. The zero-order valence-corrected chi connectivity index (χ0v) is 18.8. The largest absolute Gasteiger partial charge is 0.336 e. The quantitative estimate of drug-likeness (QED) is 0.686.